The van der Waals surface area contributed by atoms with Crippen LogP contribution in [0.15, 0.2) is 12.4 Å². The Labute approximate surface area is 248 Å². The Kier molecular flexibility index (Phi) is 26.9. The topological polar surface area (TPSA) is 6.48 Å². The Morgan fingerprint density at radius 3 is 0.897 bits per heavy atom. The monoisotopic (exact) mass is 547 g/mol. The average molecular weight is 547 g/mol. The molecule has 1 aliphatic rings. The summed E-state index contributed by atoms with van der Waals surface area (Å²) < 4.78 is 0. The van der Waals surface area contributed by atoms with Crippen LogP contribution in [0.2, 0.25) is 0 Å². The molecule has 0 radical (unpaired) electrons. The molecule has 0 atom stereocenters. The van der Waals surface area contributed by atoms with E-state index in [4.69, 9.17) is 0 Å². The van der Waals surface area contributed by atoms with E-state index < -0.39 is 0 Å². The van der Waals surface area contributed by atoms with Crippen LogP contribution in [0, 0.1) is 0 Å². The largest absolute Gasteiger partial charge is 0.356 e. The summed E-state index contributed by atoms with van der Waals surface area (Å²) in [5.41, 5.74) is 0. The molecule has 0 saturated heterocycles. The van der Waals surface area contributed by atoms with E-state index in [1.807, 2.05) is 0 Å². The minimum Gasteiger partial charge on any atom is -0.356 e. The quantitative estimate of drug-likeness (QED) is 0.0798. The summed E-state index contributed by atoms with van der Waals surface area (Å²) in [5.74, 6) is 0. The van der Waals surface area contributed by atoms with Crippen molar-refractivity contribution in [3.63, 3.8) is 0 Å². The lowest BCUT2D eigenvalue weighted by atomic mass is 10.0. The van der Waals surface area contributed by atoms with Gasteiger partial charge in [0, 0.05) is 25.5 Å². The molecule has 2 nitrogen and oxygen atoms in total. The van der Waals surface area contributed by atoms with Gasteiger partial charge >= 0.3 is 0 Å². The molecule has 1 rings (SSSR count). The third-order valence-corrected chi connectivity index (χ3v) is 9.07. The van der Waals surface area contributed by atoms with E-state index in [0.29, 0.717) is 6.17 Å². The van der Waals surface area contributed by atoms with Crippen LogP contribution in [0.25, 0.3) is 0 Å². The summed E-state index contributed by atoms with van der Waals surface area (Å²) in [5, 5.41) is 0. The molecule has 0 bridgehead atoms. The Morgan fingerprint density at radius 1 is 0.333 bits per heavy atom. The van der Waals surface area contributed by atoms with E-state index >= 15 is 0 Å². The fourth-order valence-electron chi connectivity index (χ4n) is 6.36. The van der Waals surface area contributed by atoms with Crippen molar-refractivity contribution in [2.45, 2.75) is 213 Å². The van der Waals surface area contributed by atoms with Crippen LogP contribution in [0.5, 0.6) is 0 Å². The Morgan fingerprint density at radius 2 is 0.590 bits per heavy atom. The number of unbranched alkanes of at least 4 members (excludes halogenated alkanes) is 25. The maximum absolute atomic E-state index is 2.70. The van der Waals surface area contributed by atoms with Crippen LogP contribution >= 0.6 is 0 Å². The summed E-state index contributed by atoms with van der Waals surface area (Å²) in [7, 11) is 0. The zero-order valence-electron chi connectivity index (χ0n) is 27.5. The predicted octanol–water partition coefficient (Wildman–Crippen LogP) is 12.8. The van der Waals surface area contributed by atoms with Crippen molar-refractivity contribution in [2.75, 3.05) is 13.1 Å². The molecule has 1 heterocycles. The fourth-order valence-corrected chi connectivity index (χ4v) is 6.36. The molecule has 0 amide bonds. The van der Waals surface area contributed by atoms with Crippen LogP contribution in [-0.4, -0.2) is 29.1 Å². The summed E-state index contributed by atoms with van der Waals surface area (Å²) in [6.45, 7) is 9.47. The molecule has 232 valence electrons. The van der Waals surface area contributed by atoms with Crippen LogP contribution in [0.1, 0.15) is 207 Å². The first-order valence-corrected chi connectivity index (χ1v) is 18.5. The Hall–Kier alpha value is -0.660. The van der Waals surface area contributed by atoms with Crippen molar-refractivity contribution in [3.8, 4) is 0 Å². The van der Waals surface area contributed by atoms with Crippen molar-refractivity contribution in [2.24, 2.45) is 0 Å². The lowest BCUT2D eigenvalue weighted by Crippen LogP contribution is -2.39. The summed E-state index contributed by atoms with van der Waals surface area (Å²) in [6, 6.07) is 0. The van der Waals surface area contributed by atoms with Gasteiger partial charge in [0.05, 0.1) is 0 Å². The summed E-state index contributed by atoms with van der Waals surface area (Å²) >= 11 is 0. The van der Waals surface area contributed by atoms with Gasteiger partial charge in [-0.05, 0) is 25.7 Å². The van der Waals surface area contributed by atoms with Gasteiger partial charge in [-0.25, -0.2) is 0 Å². The molecule has 0 spiro atoms. The molecule has 0 aromatic heterocycles. The molecule has 0 aromatic rings. The molecule has 1 aliphatic heterocycles. The van der Waals surface area contributed by atoms with E-state index in [-0.39, 0.29) is 0 Å². The van der Waals surface area contributed by atoms with Crippen LogP contribution in [0.4, 0.5) is 0 Å². The minimum atomic E-state index is 0.642. The van der Waals surface area contributed by atoms with Gasteiger partial charge in [-0.3, -0.25) is 0 Å². The maximum Gasteiger partial charge on any atom is 0.101 e. The standard InChI is InChI=1S/C37H74N2/c1-4-7-10-13-16-17-18-19-20-21-22-23-24-25-26-29-32-37-38(33-30-27-14-11-8-5-2)35-36-39(37)34-31-28-15-12-9-6-3/h35-37H,4-34H2,1-3H3. The van der Waals surface area contributed by atoms with Gasteiger partial charge in [0.2, 0.25) is 0 Å². The molecule has 39 heavy (non-hydrogen) atoms. The molecule has 0 fully saturated rings. The van der Waals surface area contributed by atoms with E-state index in [1.165, 1.54) is 199 Å². The first kappa shape index (κ1) is 36.4. The lowest BCUT2D eigenvalue weighted by molar-refractivity contribution is 0.135. The molecular formula is C37H74N2. The van der Waals surface area contributed by atoms with Crippen LogP contribution in [0.3, 0.4) is 0 Å². The smallest absolute Gasteiger partial charge is 0.101 e. The maximum atomic E-state index is 2.70. The highest BCUT2D eigenvalue weighted by atomic mass is 15.4. The highest BCUT2D eigenvalue weighted by Gasteiger charge is 2.24. The van der Waals surface area contributed by atoms with Crippen LogP contribution < -0.4 is 0 Å². The number of nitrogens with zero attached hydrogens (tertiary/aromatic N) is 2. The van der Waals surface area contributed by atoms with Gasteiger partial charge in [0.15, 0.2) is 0 Å². The molecule has 0 aromatic carbocycles. The highest BCUT2D eigenvalue weighted by Crippen LogP contribution is 2.24. The molecule has 0 saturated carbocycles. The highest BCUT2D eigenvalue weighted by molar-refractivity contribution is 4.97. The third-order valence-electron chi connectivity index (χ3n) is 9.07. The van der Waals surface area contributed by atoms with Gasteiger partial charge in [0.1, 0.15) is 6.17 Å². The Balaban J connectivity index is 2.12. The second kappa shape index (κ2) is 28.9. The second-order valence-corrected chi connectivity index (χ2v) is 12.9. The third kappa shape index (κ3) is 21.7. The minimum absolute atomic E-state index is 0.642. The molecular weight excluding hydrogens is 472 g/mol. The van der Waals surface area contributed by atoms with Crippen LogP contribution in [-0.2, 0) is 0 Å². The van der Waals surface area contributed by atoms with Gasteiger partial charge in [0.25, 0.3) is 0 Å². The fraction of sp³-hybridized carbons (Fsp3) is 0.946. The number of rotatable bonds is 31. The van der Waals surface area contributed by atoms with Gasteiger partial charge in [-0.2, -0.15) is 0 Å². The summed E-state index contributed by atoms with van der Waals surface area (Å²) in [4.78, 5) is 5.39. The SMILES string of the molecule is CCCCCCCCCCCCCCCCCCC1N(CCCCCCCC)C=CN1CCCCCCCC. The van der Waals surface area contributed by atoms with E-state index in [9.17, 15) is 0 Å². The zero-order valence-corrected chi connectivity index (χ0v) is 27.5. The number of hydrogen-bond acceptors (Lipinski definition) is 2. The van der Waals surface area contributed by atoms with Gasteiger partial charge in [-0.1, -0.05) is 181 Å². The van der Waals surface area contributed by atoms with Crippen molar-refractivity contribution in [1.29, 1.82) is 0 Å². The molecule has 0 unspecified atom stereocenters. The lowest BCUT2D eigenvalue weighted by Gasteiger charge is -2.33. The first-order chi connectivity index (χ1) is 19.3. The van der Waals surface area contributed by atoms with E-state index in [2.05, 4.69) is 43.0 Å². The average Bonchev–Trinajstić information content (AvgIpc) is 3.33. The zero-order chi connectivity index (χ0) is 28.1. The number of hydrogen-bond donors (Lipinski definition) is 0. The molecule has 0 aliphatic carbocycles. The second-order valence-electron chi connectivity index (χ2n) is 12.9. The van der Waals surface area contributed by atoms with Gasteiger partial charge < -0.3 is 9.80 Å². The van der Waals surface area contributed by atoms with Crippen molar-refractivity contribution in [1.82, 2.24) is 9.80 Å². The molecule has 0 N–H and O–H groups in total. The normalized spacial score (nSPS) is 13.8. The predicted molar refractivity (Wildman–Crippen MR) is 177 cm³/mol. The first-order valence-electron chi connectivity index (χ1n) is 18.5. The Bertz CT molecular complexity index is 476. The van der Waals surface area contributed by atoms with Crippen molar-refractivity contribution < 1.29 is 0 Å². The van der Waals surface area contributed by atoms with E-state index in [1.54, 1.807) is 0 Å². The van der Waals surface area contributed by atoms with E-state index in [0.717, 1.165) is 0 Å². The van der Waals surface area contributed by atoms with Crippen molar-refractivity contribution in [3.05, 3.63) is 12.4 Å². The molecule has 2 heteroatoms. The van der Waals surface area contributed by atoms with Gasteiger partial charge in [-0.15, -0.1) is 0 Å². The summed E-state index contributed by atoms with van der Waals surface area (Å²) in [6.07, 6.45) is 47.0. The van der Waals surface area contributed by atoms with Crippen molar-refractivity contribution >= 4 is 0 Å².